The molecule has 0 aromatic heterocycles. The Morgan fingerprint density at radius 3 is 2.41 bits per heavy atom. The Bertz CT molecular complexity index is 248. The summed E-state index contributed by atoms with van der Waals surface area (Å²) in [4.78, 5) is 22.9. The molecule has 1 saturated carbocycles. The minimum Gasteiger partial charge on any atom is -0.355 e. The molecule has 2 amide bonds. The van der Waals surface area contributed by atoms with Crippen LogP contribution in [-0.4, -0.2) is 24.9 Å². The minimum atomic E-state index is -0.0937. The van der Waals surface area contributed by atoms with Crippen molar-refractivity contribution in [2.24, 2.45) is 5.92 Å². The van der Waals surface area contributed by atoms with E-state index in [-0.39, 0.29) is 18.4 Å². The first-order valence-electron chi connectivity index (χ1n) is 6.75. The van der Waals surface area contributed by atoms with Gasteiger partial charge in [-0.15, -0.1) is 0 Å². The first kappa shape index (κ1) is 14.0. The zero-order valence-corrected chi connectivity index (χ0v) is 10.8. The van der Waals surface area contributed by atoms with Crippen LogP contribution in [0.4, 0.5) is 0 Å². The van der Waals surface area contributed by atoms with Crippen LogP contribution in [0.25, 0.3) is 0 Å². The van der Waals surface area contributed by atoms with Crippen LogP contribution < -0.4 is 10.6 Å². The molecule has 1 aliphatic rings. The van der Waals surface area contributed by atoms with Crippen molar-refractivity contribution in [3.05, 3.63) is 0 Å². The highest BCUT2D eigenvalue weighted by atomic mass is 16.2. The normalized spacial score (nSPS) is 16.5. The van der Waals surface area contributed by atoms with Crippen LogP contribution in [0.3, 0.4) is 0 Å². The smallest absolute Gasteiger partial charge is 0.239 e. The van der Waals surface area contributed by atoms with Gasteiger partial charge >= 0.3 is 0 Å². The molecule has 17 heavy (non-hydrogen) atoms. The first-order valence-corrected chi connectivity index (χ1v) is 6.75. The molecule has 0 spiro atoms. The quantitative estimate of drug-likeness (QED) is 0.741. The average Bonchev–Trinajstić information content (AvgIpc) is 2.35. The van der Waals surface area contributed by atoms with E-state index in [4.69, 9.17) is 0 Å². The first-order chi connectivity index (χ1) is 8.22. The van der Waals surface area contributed by atoms with E-state index in [0.717, 1.165) is 19.3 Å². The molecule has 1 rings (SSSR count). The maximum Gasteiger partial charge on any atom is 0.239 e. The average molecular weight is 240 g/mol. The summed E-state index contributed by atoms with van der Waals surface area (Å²) >= 11 is 0. The van der Waals surface area contributed by atoms with Gasteiger partial charge in [-0.1, -0.05) is 26.2 Å². The molecule has 0 aliphatic heterocycles. The number of amides is 2. The zero-order chi connectivity index (χ0) is 12.5. The lowest BCUT2D eigenvalue weighted by Gasteiger charge is -2.20. The summed E-state index contributed by atoms with van der Waals surface area (Å²) in [6.07, 6.45) is 7.62. The number of carbonyl (C=O) groups is 2. The molecule has 0 atom stereocenters. The second kappa shape index (κ2) is 8.09. The van der Waals surface area contributed by atoms with Gasteiger partial charge in [-0.2, -0.15) is 0 Å². The van der Waals surface area contributed by atoms with Gasteiger partial charge in [0.1, 0.15) is 0 Å². The molecule has 98 valence electrons. The molecule has 4 nitrogen and oxygen atoms in total. The van der Waals surface area contributed by atoms with Gasteiger partial charge in [0.15, 0.2) is 0 Å². The van der Waals surface area contributed by atoms with Crippen LogP contribution in [0.2, 0.25) is 0 Å². The molecule has 4 heteroatoms. The van der Waals surface area contributed by atoms with Crippen molar-refractivity contribution in [1.82, 2.24) is 10.6 Å². The van der Waals surface area contributed by atoms with Gasteiger partial charge in [0.25, 0.3) is 0 Å². The summed E-state index contributed by atoms with van der Waals surface area (Å²) in [5, 5.41) is 5.43. The van der Waals surface area contributed by atoms with Crippen molar-refractivity contribution in [3.63, 3.8) is 0 Å². The van der Waals surface area contributed by atoms with Crippen LogP contribution in [0.15, 0.2) is 0 Å². The second-order valence-corrected chi connectivity index (χ2v) is 4.83. The Labute approximate surface area is 104 Å². The van der Waals surface area contributed by atoms with Gasteiger partial charge in [-0.3, -0.25) is 9.59 Å². The summed E-state index contributed by atoms with van der Waals surface area (Å²) < 4.78 is 0. The molecule has 0 bridgehead atoms. The maximum atomic E-state index is 11.6. The highest BCUT2D eigenvalue weighted by molar-refractivity contribution is 5.84. The molecule has 0 heterocycles. The van der Waals surface area contributed by atoms with E-state index in [9.17, 15) is 9.59 Å². The molecular formula is C13H24N2O2. The fraction of sp³-hybridized carbons (Fsp3) is 0.846. The van der Waals surface area contributed by atoms with Gasteiger partial charge in [0, 0.05) is 13.0 Å². The molecular weight excluding hydrogens is 216 g/mol. The van der Waals surface area contributed by atoms with Crippen LogP contribution >= 0.6 is 0 Å². The van der Waals surface area contributed by atoms with Gasteiger partial charge in [-0.05, 0) is 25.2 Å². The third kappa shape index (κ3) is 6.29. The van der Waals surface area contributed by atoms with E-state index in [1.165, 1.54) is 19.3 Å². The SMILES string of the molecule is CCCNC(=O)CNC(=O)CC1CCCCC1. The van der Waals surface area contributed by atoms with Crippen LogP contribution in [0.5, 0.6) is 0 Å². The molecule has 0 unspecified atom stereocenters. The highest BCUT2D eigenvalue weighted by Crippen LogP contribution is 2.25. The van der Waals surface area contributed by atoms with E-state index in [0.29, 0.717) is 18.9 Å². The fourth-order valence-corrected chi connectivity index (χ4v) is 2.23. The van der Waals surface area contributed by atoms with E-state index < -0.39 is 0 Å². The van der Waals surface area contributed by atoms with Crippen LogP contribution in [0, 0.1) is 5.92 Å². The van der Waals surface area contributed by atoms with E-state index in [1.54, 1.807) is 0 Å². The lowest BCUT2D eigenvalue weighted by molar-refractivity contribution is -0.126. The Morgan fingerprint density at radius 1 is 1.06 bits per heavy atom. The molecule has 0 aromatic carbocycles. The van der Waals surface area contributed by atoms with E-state index in [1.807, 2.05) is 6.92 Å². The van der Waals surface area contributed by atoms with E-state index in [2.05, 4.69) is 10.6 Å². The number of carbonyl (C=O) groups excluding carboxylic acids is 2. The topological polar surface area (TPSA) is 58.2 Å². The predicted octanol–water partition coefficient (Wildman–Crippen LogP) is 1.60. The summed E-state index contributed by atoms with van der Waals surface area (Å²) in [6, 6.07) is 0. The van der Waals surface area contributed by atoms with Gasteiger partial charge in [0.05, 0.1) is 6.54 Å². The molecule has 1 aliphatic carbocycles. The third-order valence-electron chi connectivity index (χ3n) is 3.22. The maximum absolute atomic E-state index is 11.6. The second-order valence-electron chi connectivity index (χ2n) is 4.83. The Hall–Kier alpha value is -1.06. The molecule has 1 fully saturated rings. The summed E-state index contributed by atoms with van der Waals surface area (Å²) in [5.74, 6) is 0.454. The summed E-state index contributed by atoms with van der Waals surface area (Å²) in [6.45, 7) is 2.80. The molecule has 0 aromatic rings. The standard InChI is InChI=1S/C13H24N2O2/c1-2-8-14-13(17)10-15-12(16)9-11-6-4-3-5-7-11/h11H,2-10H2,1H3,(H,14,17)(H,15,16). The van der Waals surface area contributed by atoms with Crippen molar-refractivity contribution in [2.45, 2.75) is 51.9 Å². The monoisotopic (exact) mass is 240 g/mol. The predicted molar refractivity (Wildman–Crippen MR) is 67.5 cm³/mol. The minimum absolute atomic E-state index is 0.0172. The number of rotatable bonds is 6. The summed E-state index contributed by atoms with van der Waals surface area (Å²) in [7, 11) is 0. The molecule has 0 radical (unpaired) electrons. The van der Waals surface area contributed by atoms with Crippen LogP contribution in [-0.2, 0) is 9.59 Å². The largest absolute Gasteiger partial charge is 0.355 e. The number of hydrogen-bond donors (Lipinski definition) is 2. The molecule has 2 N–H and O–H groups in total. The van der Waals surface area contributed by atoms with E-state index >= 15 is 0 Å². The third-order valence-corrected chi connectivity index (χ3v) is 3.22. The van der Waals surface area contributed by atoms with Gasteiger partial charge < -0.3 is 10.6 Å². The highest BCUT2D eigenvalue weighted by Gasteiger charge is 2.17. The lowest BCUT2D eigenvalue weighted by Crippen LogP contribution is -2.37. The van der Waals surface area contributed by atoms with Crippen molar-refractivity contribution in [3.8, 4) is 0 Å². The zero-order valence-electron chi connectivity index (χ0n) is 10.8. The number of nitrogens with one attached hydrogen (secondary N) is 2. The Morgan fingerprint density at radius 2 is 1.76 bits per heavy atom. The Balaban J connectivity index is 2.09. The fourth-order valence-electron chi connectivity index (χ4n) is 2.23. The van der Waals surface area contributed by atoms with Crippen molar-refractivity contribution < 1.29 is 9.59 Å². The van der Waals surface area contributed by atoms with Gasteiger partial charge in [-0.25, -0.2) is 0 Å². The molecule has 0 saturated heterocycles. The van der Waals surface area contributed by atoms with Gasteiger partial charge in [0.2, 0.25) is 11.8 Å². The number of hydrogen-bond acceptors (Lipinski definition) is 2. The lowest BCUT2D eigenvalue weighted by atomic mass is 9.87. The van der Waals surface area contributed by atoms with Crippen molar-refractivity contribution >= 4 is 11.8 Å². The summed E-state index contributed by atoms with van der Waals surface area (Å²) in [5.41, 5.74) is 0. The van der Waals surface area contributed by atoms with Crippen LogP contribution in [0.1, 0.15) is 51.9 Å². The van der Waals surface area contributed by atoms with Crippen molar-refractivity contribution in [1.29, 1.82) is 0 Å². The van der Waals surface area contributed by atoms with Crippen molar-refractivity contribution in [2.75, 3.05) is 13.1 Å². The Kier molecular flexibility index (Phi) is 6.67.